The monoisotopic (exact) mass is 385 g/mol. The summed E-state index contributed by atoms with van der Waals surface area (Å²) in [6.07, 6.45) is 0. The first-order chi connectivity index (χ1) is 13.3. The molecule has 0 unspecified atom stereocenters. The van der Waals surface area contributed by atoms with Crippen molar-refractivity contribution in [1.29, 1.82) is 0 Å². The van der Waals surface area contributed by atoms with Gasteiger partial charge in [0.1, 0.15) is 17.2 Å². The van der Waals surface area contributed by atoms with Crippen molar-refractivity contribution in [3.63, 3.8) is 0 Å². The molecule has 3 rings (SSSR count). The van der Waals surface area contributed by atoms with E-state index in [-0.39, 0.29) is 11.3 Å². The Morgan fingerprint density at radius 1 is 1.07 bits per heavy atom. The second-order valence-electron chi connectivity index (χ2n) is 6.08. The number of hydrogen-bond donors (Lipinski definition) is 1. The van der Waals surface area contributed by atoms with Crippen LogP contribution in [0.5, 0.6) is 0 Å². The van der Waals surface area contributed by atoms with Gasteiger partial charge in [-0.05, 0) is 38.1 Å². The second kappa shape index (κ2) is 7.99. The smallest absolute Gasteiger partial charge is 0.342 e. The molecule has 1 N–H and O–H groups in total. The molecule has 1 heterocycles. The largest absolute Gasteiger partial charge is 0.452 e. The Morgan fingerprint density at radius 3 is 2.36 bits per heavy atom. The third-order valence-corrected chi connectivity index (χ3v) is 3.98. The van der Waals surface area contributed by atoms with E-state index in [4.69, 9.17) is 4.74 Å². The molecule has 0 aliphatic heterocycles. The van der Waals surface area contributed by atoms with Crippen LogP contribution in [0, 0.1) is 25.5 Å². The average Bonchev–Trinajstić information content (AvgIpc) is 2.94. The first-order valence-electron chi connectivity index (χ1n) is 8.40. The molecule has 0 aliphatic rings. The van der Waals surface area contributed by atoms with Crippen LogP contribution in [0.3, 0.4) is 0 Å². The number of aromatic nitrogens is 2. The molecular formula is C20H17F2N3O3. The van der Waals surface area contributed by atoms with Gasteiger partial charge in [0, 0.05) is 11.8 Å². The summed E-state index contributed by atoms with van der Waals surface area (Å²) in [6.45, 7) is 2.78. The van der Waals surface area contributed by atoms with Gasteiger partial charge in [-0.2, -0.15) is 5.10 Å². The van der Waals surface area contributed by atoms with E-state index in [1.807, 2.05) is 30.3 Å². The van der Waals surface area contributed by atoms with Crippen molar-refractivity contribution in [3.05, 3.63) is 77.1 Å². The first kappa shape index (κ1) is 19.2. The number of esters is 1. The van der Waals surface area contributed by atoms with E-state index >= 15 is 0 Å². The molecule has 0 saturated heterocycles. The quantitative estimate of drug-likeness (QED) is 0.682. The van der Waals surface area contributed by atoms with Crippen molar-refractivity contribution in [1.82, 2.24) is 9.78 Å². The number of ether oxygens (including phenoxy) is 1. The molecule has 3 aromatic rings. The number of nitrogens with one attached hydrogen (secondary N) is 1. The maximum absolute atomic E-state index is 13.2. The molecule has 144 valence electrons. The maximum Gasteiger partial charge on any atom is 0.342 e. The fourth-order valence-corrected chi connectivity index (χ4v) is 2.79. The van der Waals surface area contributed by atoms with Crippen LogP contribution < -0.4 is 5.32 Å². The van der Waals surface area contributed by atoms with Gasteiger partial charge in [0.2, 0.25) is 0 Å². The summed E-state index contributed by atoms with van der Waals surface area (Å²) in [4.78, 5) is 24.3. The van der Waals surface area contributed by atoms with E-state index in [9.17, 15) is 18.4 Å². The van der Waals surface area contributed by atoms with Crippen LogP contribution in [0.4, 0.5) is 14.5 Å². The molecule has 28 heavy (non-hydrogen) atoms. The van der Waals surface area contributed by atoms with E-state index in [0.717, 1.165) is 17.8 Å². The molecule has 1 aromatic heterocycles. The molecule has 0 fully saturated rings. The Labute approximate surface area is 159 Å². The molecule has 2 aromatic carbocycles. The Bertz CT molecular complexity index is 1010. The number of aryl methyl sites for hydroxylation is 1. The van der Waals surface area contributed by atoms with E-state index in [1.165, 1.54) is 0 Å². The Kier molecular flexibility index (Phi) is 5.49. The zero-order chi connectivity index (χ0) is 20.3. The summed E-state index contributed by atoms with van der Waals surface area (Å²) in [5, 5.41) is 6.62. The number of anilines is 1. The molecule has 0 aliphatic carbocycles. The molecule has 0 radical (unpaired) electrons. The van der Waals surface area contributed by atoms with Crippen LogP contribution in [-0.2, 0) is 9.53 Å². The van der Waals surface area contributed by atoms with Gasteiger partial charge in [-0.15, -0.1) is 0 Å². The third-order valence-electron chi connectivity index (χ3n) is 3.98. The van der Waals surface area contributed by atoms with Crippen molar-refractivity contribution >= 4 is 17.6 Å². The molecule has 0 spiro atoms. The normalized spacial score (nSPS) is 10.6. The molecule has 0 bridgehead atoms. The van der Waals surface area contributed by atoms with Gasteiger partial charge in [-0.1, -0.05) is 18.2 Å². The van der Waals surface area contributed by atoms with Crippen LogP contribution in [0.25, 0.3) is 5.69 Å². The highest BCUT2D eigenvalue weighted by Crippen LogP contribution is 2.19. The lowest BCUT2D eigenvalue weighted by atomic mass is 10.2. The average molecular weight is 385 g/mol. The van der Waals surface area contributed by atoms with E-state index in [0.29, 0.717) is 17.5 Å². The van der Waals surface area contributed by atoms with Gasteiger partial charge in [0.25, 0.3) is 5.91 Å². The van der Waals surface area contributed by atoms with Gasteiger partial charge in [0.15, 0.2) is 6.61 Å². The number of nitrogens with zero attached hydrogens (tertiary/aromatic N) is 2. The summed E-state index contributed by atoms with van der Waals surface area (Å²) in [7, 11) is 0. The minimum absolute atomic E-state index is 0.0668. The highest BCUT2D eigenvalue weighted by atomic mass is 19.1. The Morgan fingerprint density at radius 2 is 1.71 bits per heavy atom. The lowest BCUT2D eigenvalue weighted by Gasteiger charge is -2.08. The topological polar surface area (TPSA) is 73.2 Å². The SMILES string of the molecule is Cc1nn(-c2ccccc2)c(C)c1C(=O)OCC(=O)Nc1cc(F)cc(F)c1. The lowest BCUT2D eigenvalue weighted by Crippen LogP contribution is -2.21. The van der Waals surface area contributed by atoms with Crippen molar-refractivity contribution in [3.8, 4) is 5.69 Å². The van der Waals surface area contributed by atoms with Gasteiger partial charge < -0.3 is 10.1 Å². The molecule has 6 nitrogen and oxygen atoms in total. The number of carbonyl (C=O) groups excluding carboxylic acids is 2. The van der Waals surface area contributed by atoms with Crippen molar-refractivity contribution in [2.24, 2.45) is 0 Å². The Hall–Kier alpha value is -3.55. The van der Waals surface area contributed by atoms with Crippen LogP contribution in [0.1, 0.15) is 21.7 Å². The molecule has 0 saturated carbocycles. The number of halogens is 2. The van der Waals surface area contributed by atoms with Crippen molar-refractivity contribution < 1.29 is 23.1 Å². The lowest BCUT2D eigenvalue weighted by molar-refractivity contribution is -0.119. The summed E-state index contributed by atoms with van der Waals surface area (Å²) < 4.78 is 33.0. The van der Waals surface area contributed by atoms with Gasteiger partial charge in [-0.25, -0.2) is 18.3 Å². The van der Waals surface area contributed by atoms with Crippen LogP contribution in [0.15, 0.2) is 48.5 Å². The molecule has 8 heteroatoms. The van der Waals surface area contributed by atoms with Gasteiger partial charge in [0.05, 0.1) is 17.1 Å². The zero-order valence-electron chi connectivity index (χ0n) is 15.2. The fourth-order valence-electron chi connectivity index (χ4n) is 2.79. The summed E-state index contributed by atoms with van der Waals surface area (Å²) >= 11 is 0. The number of rotatable bonds is 5. The summed E-state index contributed by atoms with van der Waals surface area (Å²) in [5.74, 6) is -3.08. The first-order valence-corrected chi connectivity index (χ1v) is 8.40. The Balaban J connectivity index is 1.68. The fraction of sp³-hybridized carbons (Fsp3) is 0.150. The van der Waals surface area contributed by atoms with Crippen LogP contribution >= 0.6 is 0 Å². The molecular weight excluding hydrogens is 368 g/mol. The van der Waals surface area contributed by atoms with E-state index in [2.05, 4.69) is 10.4 Å². The minimum Gasteiger partial charge on any atom is -0.452 e. The second-order valence-corrected chi connectivity index (χ2v) is 6.08. The minimum atomic E-state index is -0.827. The number of carbonyl (C=O) groups is 2. The molecule has 0 atom stereocenters. The van der Waals surface area contributed by atoms with Crippen LogP contribution in [0.2, 0.25) is 0 Å². The van der Waals surface area contributed by atoms with E-state index in [1.54, 1.807) is 18.5 Å². The highest BCUT2D eigenvalue weighted by Gasteiger charge is 2.21. The summed E-state index contributed by atoms with van der Waals surface area (Å²) in [5.41, 5.74) is 2.00. The predicted octanol–water partition coefficient (Wildman–Crippen LogP) is 3.56. The van der Waals surface area contributed by atoms with Crippen molar-refractivity contribution in [2.75, 3.05) is 11.9 Å². The number of hydrogen-bond acceptors (Lipinski definition) is 4. The van der Waals surface area contributed by atoms with Crippen LogP contribution in [-0.4, -0.2) is 28.3 Å². The highest BCUT2D eigenvalue weighted by molar-refractivity contribution is 5.96. The van der Waals surface area contributed by atoms with Gasteiger partial charge >= 0.3 is 5.97 Å². The number of para-hydroxylation sites is 1. The number of amides is 1. The zero-order valence-corrected chi connectivity index (χ0v) is 15.2. The molecule has 1 amide bonds. The predicted molar refractivity (Wildman–Crippen MR) is 98.3 cm³/mol. The number of benzene rings is 2. The van der Waals surface area contributed by atoms with Crippen molar-refractivity contribution in [2.45, 2.75) is 13.8 Å². The third kappa shape index (κ3) is 4.22. The standard InChI is InChI=1S/C20H17F2N3O3/c1-12-19(13(2)25(24-12)17-6-4-3-5-7-17)20(27)28-11-18(26)23-16-9-14(21)8-15(22)10-16/h3-10H,11H2,1-2H3,(H,23,26). The van der Waals surface area contributed by atoms with Gasteiger partial charge in [-0.3, -0.25) is 4.79 Å². The van der Waals surface area contributed by atoms with E-state index < -0.39 is 30.1 Å². The maximum atomic E-state index is 13.2. The summed E-state index contributed by atoms with van der Waals surface area (Å²) in [6, 6.07) is 11.9.